The summed E-state index contributed by atoms with van der Waals surface area (Å²) in [6.45, 7) is 1.85. The summed E-state index contributed by atoms with van der Waals surface area (Å²) in [7, 11) is 3.03. The molecule has 2 heterocycles. The maximum Gasteiger partial charge on any atom is 0.266 e. The molecule has 23 heavy (non-hydrogen) atoms. The van der Waals surface area contributed by atoms with Gasteiger partial charge in [0.2, 0.25) is 18.3 Å². The summed E-state index contributed by atoms with van der Waals surface area (Å²) >= 11 is 3.49. The van der Waals surface area contributed by atoms with Crippen molar-refractivity contribution >= 4 is 27.5 Å². The van der Waals surface area contributed by atoms with Crippen molar-refractivity contribution in [2.75, 3.05) is 21.0 Å². The lowest BCUT2D eigenvalue weighted by molar-refractivity contribution is -0.112. The molecule has 3 rings (SSSR count). The van der Waals surface area contributed by atoms with Gasteiger partial charge in [0.15, 0.2) is 23.3 Å². The molecule has 2 unspecified atom stereocenters. The van der Waals surface area contributed by atoms with E-state index in [1.54, 1.807) is 6.92 Å². The van der Waals surface area contributed by atoms with Gasteiger partial charge in [-0.05, 0) is 15.9 Å². The van der Waals surface area contributed by atoms with E-state index in [2.05, 4.69) is 21.1 Å². The molecule has 0 radical (unpaired) electrons. The number of fused-ring (bicyclic) bond motifs is 1. The number of halogens is 1. The molecule has 2 aliphatic rings. The Balaban J connectivity index is 2.15. The number of carbonyl (C=O) groups is 1. The van der Waals surface area contributed by atoms with Gasteiger partial charge in [0, 0.05) is 0 Å². The zero-order valence-electron chi connectivity index (χ0n) is 12.7. The average Bonchev–Trinajstić information content (AvgIpc) is 3.13. The lowest BCUT2D eigenvalue weighted by Gasteiger charge is -2.21. The van der Waals surface area contributed by atoms with Crippen LogP contribution in [0.1, 0.15) is 18.6 Å². The standard InChI is InChI=1S/C14H15BrN2O6/c1-5-8(14(16)18)17-23-9(5)6-7(15)11(20-3)13-12(10(6)19-2)21-4-22-13/h5,9H,4H2,1-3H3,(H2,16,18). The number of nitrogens with two attached hydrogens (primary N) is 1. The fourth-order valence-corrected chi connectivity index (χ4v) is 3.45. The lowest BCUT2D eigenvalue weighted by atomic mass is 9.92. The molecule has 124 valence electrons. The summed E-state index contributed by atoms with van der Waals surface area (Å²) in [5, 5.41) is 3.79. The van der Waals surface area contributed by atoms with Crippen LogP contribution in [0.25, 0.3) is 0 Å². The van der Waals surface area contributed by atoms with E-state index in [1.165, 1.54) is 14.2 Å². The summed E-state index contributed by atoms with van der Waals surface area (Å²) in [4.78, 5) is 16.9. The second kappa shape index (κ2) is 5.80. The van der Waals surface area contributed by atoms with Crippen molar-refractivity contribution in [1.82, 2.24) is 0 Å². The Hall–Kier alpha value is -2.16. The molecule has 2 N–H and O–H groups in total. The highest BCUT2D eigenvalue weighted by Gasteiger charge is 2.41. The van der Waals surface area contributed by atoms with Crippen LogP contribution in [0, 0.1) is 5.92 Å². The average molecular weight is 387 g/mol. The van der Waals surface area contributed by atoms with Gasteiger partial charge in [0.1, 0.15) is 0 Å². The van der Waals surface area contributed by atoms with Crippen molar-refractivity contribution < 1.29 is 28.6 Å². The highest BCUT2D eigenvalue weighted by atomic mass is 79.9. The van der Waals surface area contributed by atoms with Crippen molar-refractivity contribution in [3.8, 4) is 23.0 Å². The molecule has 2 aliphatic heterocycles. The maximum absolute atomic E-state index is 11.4. The van der Waals surface area contributed by atoms with E-state index in [4.69, 9.17) is 29.5 Å². The smallest absolute Gasteiger partial charge is 0.266 e. The highest BCUT2D eigenvalue weighted by molar-refractivity contribution is 9.10. The van der Waals surface area contributed by atoms with Crippen molar-refractivity contribution in [1.29, 1.82) is 0 Å². The van der Waals surface area contributed by atoms with Crippen LogP contribution in [0.3, 0.4) is 0 Å². The molecule has 0 saturated carbocycles. The number of amides is 1. The first-order valence-corrected chi connectivity index (χ1v) is 7.57. The van der Waals surface area contributed by atoms with Crippen molar-refractivity contribution in [2.45, 2.75) is 13.0 Å². The Morgan fingerprint density at radius 1 is 1.26 bits per heavy atom. The monoisotopic (exact) mass is 386 g/mol. The molecule has 1 aromatic carbocycles. The second-order valence-electron chi connectivity index (χ2n) is 5.01. The van der Waals surface area contributed by atoms with Crippen LogP contribution in [0.5, 0.6) is 23.0 Å². The van der Waals surface area contributed by atoms with E-state index in [0.29, 0.717) is 33.0 Å². The first kappa shape index (κ1) is 15.7. The van der Waals surface area contributed by atoms with E-state index in [-0.39, 0.29) is 18.4 Å². The van der Waals surface area contributed by atoms with Crippen molar-refractivity contribution in [3.63, 3.8) is 0 Å². The zero-order chi connectivity index (χ0) is 16.7. The first-order chi connectivity index (χ1) is 11.0. The second-order valence-corrected chi connectivity index (χ2v) is 5.81. The number of hydrogen-bond donors (Lipinski definition) is 1. The largest absolute Gasteiger partial charge is 0.492 e. The molecule has 9 heteroatoms. The number of hydrogen-bond acceptors (Lipinski definition) is 7. The summed E-state index contributed by atoms with van der Waals surface area (Å²) in [5.74, 6) is 0.776. The summed E-state index contributed by atoms with van der Waals surface area (Å²) in [5.41, 5.74) is 6.10. The molecule has 0 aromatic heterocycles. The van der Waals surface area contributed by atoms with Gasteiger partial charge >= 0.3 is 0 Å². The number of ether oxygens (including phenoxy) is 4. The van der Waals surface area contributed by atoms with E-state index in [1.807, 2.05) is 0 Å². The van der Waals surface area contributed by atoms with Gasteiger partial charge in [-0.2, -0.15) is 0 Å². The molecule has 1 amide bonds. The topological polar surface area (TPSA) is 102 Å². The van der Waals surface area contributed by atoms with Crippen molar-refractivity contribution in [2.24, 2.45) is 16.8 Å². The molecule has 0 aliphatic carbocycles. The number of carbonyl (C=O) groups excluding carboxylic acids is 1. The minimum absolute atomic E-state index is 0.0576. The van der Waals surface area contributed by atoms with E-state index < -0.39 is 12.0 Å². The highest BCUT2D eigenvalue weighted by Crippen LogP contribution is 2.57. The maximum atomic E-state index is 11.4. The Kier molecular flexibility index (Phi) is 3.97. The van der Waals surface area contributed by atoms with Crippen LogP contribution in [0.2, 0.25) is 0 Å². The van der Waals surface area contributed by atoms with Gasteiger partial charge in [0.05, 0.1) is 30.2 Å². The minimum Gasteiger partial charge on any atom is -0.492 e. The fourth-order valence-electron chi connectivity index (χ4n) is 2.70. The SMILES string of the molecule is COc1c(Br)c(C2ON=C(C(N)=O)C2C)c(OC)c2c1OCO2. The van der Waals surface area contributed by atoms with Gasteiger partial charge in [-0.3, -0.25) is 4.79 Å². The Morgan fingerprint density at radius 2 is 1.87 bits per heavy atom. The Bertz CT molecular complexity index is 705. The van der Waals surface area contributed by atoms with Crippen LogP contribution in [-0.4, -0.2) is 32.6 Å². The molecular formula is C14H15BrN2O6. The molecule has 0 saturated heterocycles. The normalized spacial score (nSPS) is 21.7. The predicted octanol–water partition coefficient (Wildman–Crippen LogP) is 1.74. The molecule has 0 bridgehead atoms. The minimum atomic E-state index is -0.622. The van der Waals surface area contributed by atoms with Crippen LogP contribution >= 0.6 is 15.9 Å². The summed E-state index contributed by atoms with van der Waals surface area (Å²) in [6, 6.07) is 0. The lowest BCUT2D eigenvalue weighted by Crippen LogP contribution is -2.28. The summed E-state index contributed by atoms with van der Waals surface area (Å²) < 4.78 is 22.4. The van der Waals surface area contributed by atoms with Crippen LogP contribution in [-0.2, 0) is 9.63 Å². The molecule has 0 spiro atoms. The van der Waals surface area contributed by atoms with Gasteiger partial charge in [0.25, 0.3) is 5.91 Å². The van der Waals surface area contributed by atoms with Gasteiger partial charge in [-0.25, -0.2) is 0 Å². The third-order valence-electron chi connectivity index (χ3n) is 3.80. The summed E-state index contributed by atoms with van der Waals surface area (Å²) in [6.07, 6.45) is -0.578. The number of methoxy groups -OCH3 is 2. The molecule has 1 aromatic rings. The third-order valence-corrected chi connectivity index (χ3v) is 4.59. The van der Waals surface area contributed by atoms with E-state index in [0.717, 1.165) is 0 Å². The Labute approximate surface area is 140 Å². The van der Waals surface area contributed by atoms with Gasteiger partial charge in [-0.1, -0.05) is 12.1 Å². The number of oxime groups is 1. The molecule has 0 fully saturated rings. The number of benzene rings is 1. The number of primary amides is 1. The van der Waals surface area contributed by atoms with Crippen LogP contribution in [0.15, 0.2) is 9.63 Å². The Morgan fingerprint density at radius 3 is 2.39 bits per heavy atom. The van der Waals surface area contributed by atoms with E-state index >= 15 is 0 Å². The zero-order valence-corrected chi connectivity index (χ0v) is 14.3. The number of rotatable bonds is 4. The molecule has 8 nitrogen and oxygen atoms in total. The fraction of sp³-hybridized carbons (Fsp3) is 0.429. The molecular weight excluding hydrogens is 372 g/mol. The van der Waals surface area contributed by atoms with E-state index in [9.17, 15) is 4.79 Å². The quantitative estimate of drug-likeness (QED) is 0.845. The molecule has 2 atom stereocenters. The van der Waals surface area contributed by atoms with Crippen molar-refractivity contribution in [3.05, 3.63) is 10.0 Å². The van der Waals surface area contributed by atoms with Crippen LogP contribution < -0.4 is 24.7 Å². The van der Waals surface area contributed by atoms with Gasteiger partial charge < -0.3 is 29.5 Å². The van der Waals surface area contributed by atoms with Gasteiger partial charge in [-0.15, -0.1) is 0 Å². The van der Waals surface area contributed by atoms with Crippen LogP contribution in [0.4, 0.5) is 0 Å². The first-order valence-electron chi connectivity index (χ1n) is 6.77. The number of nitrogens with zero attached hydrogens (tertiary/aromatic N) is 1. The third kappa shape index (κ3) is 2.26. The predicted molar refractivity (Wildman–Crippen MR) is 83.0 cm³/mol.